The van der Waals surface area contributed by atoms with E-state index in [0.29, 0.717) is 16.8 Å². The van der Waals surface area contributed by atoms with Gasteiger partial charge in [0.05, 0.1) is 12.0 Å². The third-order valence-electron chi connectivity index (χ3n) is 5.05. The molecule has 1 aromatic heterocycles. The van der Waals surface area contributed by atoms with E-state index < -0.39 is 15.6 Å². The molecule has 1 aliphatic heterocycles. The van der Waals surface area contributed by atoms with Gasteiger partial charge in [-0.15, -0.1) is 0 Å². The fraction of sp³-hybridized carbons (Fsp3) is 0.261. The largest absolute Gasteiger partial charge is 0.497 e. The minimum atomic E-state index is -3.73. The number of hydrogen-bond donors (Lipinski definition) is 2. The Morgan fingerprint density at radius 2 is 1.87 bits per heavy atom. The highest BCUT2D eigenvalue weighted by molar-refractivity contribution is 7.89. The van der Waals surface area contributed by atoms with Crippen LogP contribution in [0.3, 0.4) is 0 Å². The lowest BCUT2D eigenvalue weighted by molar-refractivity contribution is -0.110. The lowest BCUT2D eigenvalue weighted by Gasteiger charge is -2.20. The van der Waals surface area contributed by atoms with Gasteiger partial charge in [-0.1, -0.05) is 0 Å². The van der Waals surface area contributed by atoms with Crippen LogP contribution in [0.25, 0.3) is 22.6 Å². The van der Waals surface area contributed by atoms with Crippen LogP contribution in [0.2, 0.25) is 0 Å². The highest BCUT2D eigenvalue weighted by Gasteiger charge is 2.28. The molecule has 7 nitrogen and oxygen atoms in total. The van der Waals surface area contributed by atoms with E-state index in [-0.39, 0.29) is 10.8 Å². The Morgan fingerprint density at radius 1 is 1.13 bits per heavy atom. The van der Waals surface area contributed by atoms with E-state index in [1.807, 2.05) is 36.0 Å². The lowest BCUT2D eigenvalue weighted by atomic mass is 10.0. The molecule has 31 heavy (non-hydrogen) atoms. The molecule has 0 bridgehead atoms. The Morgan fingerprint density at radius 3 is 2.55 bits per heavy atom. The van der Waals surface area contributed by atoms with Crippen molar-refractivity contribution in [3.05, 3.63) is 53.7 Å². The number of ether oxygens (including phenoxy) is 1. The van der Waals surface area contributed by atoms with Crippen LogP contribution < -0.4 is 14.8 Å². The van der Waals surface area contributed by atoms with Crippen LogP contribution in [0.4, 0.5) is 5.69 Å². The number of aryl methyl sites for hydroxylation is 1. The first-order chi connectivity index (χ1) is 14.5. The zero-order chi connectivity index (χ0) is 22.6. The van der Waals surface area contributed by atoms with E-state index in [0.717, 1.165) is 22.2 Å². The van der Waals surface area contributed by atoms with Crippen molar-refractivity contribution in [1.29, 1.82) is 0 Å². The van der Waals surface area contributed by atoms with E-state index in [4.69, 9.17) is 4.74 Å². The summed E-state index contributed by atoms with van der Waals surface area (Å²) in [4.78, 5) is 12.8. The summed E-state index contributed by atoms with van der Waals surface area (Å²) in [5, 5.41) is 3.76. The maximum Gasteiger partial charge on any atom is 0.256 e. The number of amides is 1. The number of methoxy groups -OCH3 is 1. The molecule has 1 amide bonds. The molecular formula is C23H25N3O4S. The molecule has 0 unspecified atom stereocenters. The average molecular weight is 440 g/mol. The summed E-state index contributed by atoms with van der Waals surface area (Å²) >= 11 is 0. The fourth-order valence-corrected chi connectivity index (χ4v) is 5.18. The molecule has 2 heterocycles. The number of nitrogens with zero attached hydrogens (tertiary/aromatic N) is 1. The van der Waals surface area contributed by atoms with Crippen LogP contribution in [0.1, 0.15) is 31.9 Å². The second-order valence-corrected chi connectivity index (χ2v) is 10.3. The van der Waals surface area contributed by atoms with Gasteiger partial charge in [0.25, 0.3) is 5.91 Å². The predicted molar refractivity (Wildman–Crippen MR) is 122 cm³/mol. The van der Waals surface area contributed by atoms with Gasteiger partial charge in [0.1, 0.15) is 5.75 Å². The zero-order valence-electron chi connectivity index (χ0n) is 18.1. The Kier molecular flexibility index (Phi) is 4.94. The van der Waals surface area contributed by atoms with Crippen LogP contribution in [-0.2, 0) is 21.9 Å². The summed E-state index contributed by atoms with van der Waals surface area (Å²) in [6.07, 6.45) is 3.72. The molecule has 0 atom stereocenters. The molecule has 1 aliphatic rings. The number of fused-ring (bicyclic) bond motifs is 2. The molecule has 0 saturated carbocycles. The van der Waals surface area contributed by atoms with E-state index in [9.17, 15) is 13.2 Å². The quantitative estimate of drug-likeness (QED) is 0.606. The maximum atomic E-state index is 12.8. The highest BCUT2D eigenvalue weighted by atomic mass is 32.2. The van der Waals surface area contributed by atoms with Gasteiger partial charge < -0.3 is 14.6 Å². The van der Waals surface area contributed by atoms with Crippen molar-refractivity contribution in [3.63, 3.8) is 0 Å². The summed E-state index contributed by atoms with van der Waals surface area (Å²) < 4.78 is 35.5. The average Bonchev–Trinajstić information content (AvgIpc) is 3.16. The van der Waals surface area contributed by atoms with Crippen LogP contribution in [0.15, 0.2) is 47.5 Å². The van der Waals surface area contributed by atoms with Crippen molar-refractivity contribution in [1.82, 2.24) is 9.29 Å². The van der Waals surface area contributed by atoms with E-state index in [2.05, 4.69) is 10.0 Å². The molecule has 0 aliphatic carbocycles. The van der Waals surface area contributed by atoms with Crippen LogP contribution >= 0.6 is 0 Å². The van der Waals surface area contributed by atoms with Crippen molar-refractivity contribution < 1.29 is 17.9 Å². The van der Waals surface area contributed by atoms with Gasteiger partial charge in [-0.05, 0) is 63.2 Å². The fourth-order valence-electron chi connectivity index (χ4n) is 3.74. The smallest absolute Gasteiger partial charge is 0.256 e. The minimum Gasteiger partial charge on any atom is -0.497 e. The van der Waals surface area contributed by atoms with Crippen LogP contribution in [0.5, 0.6) is 5.75 Å². The van der Waals surface area contributed by atoms with E-state index >= 15 is 0 Å². The highest BCUT2D eigenvalue weighted by Crippen LogP contribution is 2.36. The summed E-state index contributed by atoms with van der Waals surface area (Å²) in [5.41, 5.74) is 2.78. The van der Waals surface area contributed by atoms with Crippen molar-refractivity contribution in [2.45, 2.75) is 31.2 Å². The first kappa shape index (κ1) is 21.1. The van der Waals surface area contributed by atoms with Gasteiger partial charge >= 0.3 is 0 Å². The van der Waals surface area contributed by atoms with Gasteiger partial charge in [0.2, 0.25) is 10.0 Å². The van der Waals surface area contributed by atoms with Crippen LogP contribution in [-0.4, -0.2) is 31.5 Å². The molecule has 0 saturated heterocycles. The number of sulfonamides is 1. The number of anilines is 1. The van der Waals surface area contributed by atoms with E-state index in [1.54, 1.807) is 46.1 Å². The number of rotatable bonds is 4. The standard InChI is InChI=1S/C23H25N3O4S/c1-23(2,3)25-31(28,29)16-7-8-20-18(12-16)19(22(27)24-20)10-14-13-26(4)21-9-6-15(30-5)11-17(14)21/h6-13,25H,1-5H3,(H,24,27)/b19-10-. The number of hydrogen-bond acceptors (Lipinski definition) is 4. The minimum absolute atomic E-state index is 0.114. The summed E-state index contributed by atoms with van der Waals surface area (Å²) in [5.74, 6) is 0.449. The zero-order valence-corrected chi connectivity index (χ0v) is 18.9. The molecule has 162 valence electrons. The second kappa shape index (κ2) is 7.25. The molecular weight excluding hydrogens is 414 g/mol. The molecule has 8 heteroatoms. The summed E-state index contributed by atoms with van der Waals surface area (Å²) in [6, 6.07) is 10.4. The van der Waals surface area contributed by atoms with Gasteiger partial charge in [-0.2, -0.15) is 0 Å². The molecule has 2 aromatic carbocycles. The number of aromatic nitrogens is 1. The first-order valence-electron chi connectivity index (χ1n) is 9.83. The van der Waals surface area contributed by atoms with Crippen molar-refractivity contribution in [3.8, 4) is 5.75 Å². The summed E-state index contributed by atoms with van der Waals surface area (Å²) in [6.45, 7) is 5.34. The second-order valence-electron chi connectivity index (χ2n) is 8.65. The van der Waals surface area contributed by atoms with Crippen molar-refractivity contribution in [2.24, 2.45) is 7.05 Å². The molecule has 0 radical (unpaired) electrons. The van der Waals surface area contributed by atoms with Crippen molar-refractivity contribution >= 4 is 44.2 Å². The monoisotopic (exact) mass is 439 g/mol. The first-order valence-corrected chi connectivity index (χ1v) is 11.3. The topological polar surface area (TPSA) is 89.4 Å². The summed E-state index contributed by atoms with van der Waals surface area (Å²) in [7, 11) is -0.189. The Bertz CT molecular complexity index is 1350. The SMILES string of the molecule is COc1ccc2c(c1)c(/C=C1\C(=O)Nc3ccc(S(=O)(=O)NC(C)(C)C)cc31)cn2C. The van der Waals surface area contributed by atoms with Gasteiger partial charge in [-0.3, -0.25) is 4.79 Å². The normalized spacial score (nSPS) is 15.4. The number of nitrogens with one attached hydrogen (secondary N) is 2. The van der Waals surface area contributed by atoms with Gasteiger partial charge in [-0.25, -0.2) is 13.1 Å². The number of carbonyl (C=O) groups excluding carboxylic acids is 1. The Balaban J connectivity index is 1.84. The van der Waals surface area contributed by atoms with Gasteiger partial charge in [0, 0.05) is 52.1 Å². The Hall–Kier alpha value is -3.10. The van der Waals surface area contributed by atoms with E-state index in [1.165, 1.54) is 6.07 Å². The third kappa shape index (κ3) is 3.96. The molecule has 4 rings (SSSR count). The maximum absolute atomic E-state index is 12.8. The molecule has 2 N–H and O–H groups in total. The number of carbonyl (C=O) groups is 1. The van der Waals surface area contributed by atoms with Crippen molar-refractivity contribution in [2.75, 3.05) is 12.4 Å². The third-order valence-corrected chi connectivity index (χ3v) is 6.81. The number of benzene rings is 2. The van der Waals surface area contributed by atoms with Crippen LogP contribution in [0, 0.1) is 0 Å². The van der Waals surface area contributed by atoms with Gasteiger partial charge in [0.15, 0.2) is 0 Å². The molecule has 3 aromatic rings. The molecule has 0 spiro atoms. The molecule has 0 fully saturated rings. The Labute approximate surface area is 181 Å². The predicted octanol–water partition coefficient (Wildman–Crippen LogP) is 3.76. The lowest BCUT2D eigenvalue weighted by Crippen LogP contribution is -2.40.